The summed E-state index contributed by atoms with van der Waals surface area (Å²) >= 11 is 0. The van der Waals surface area contributed by atoms with Crippen molar-refractivity contribution in [3.63, 3.8) is 0 Å². The Bertz CT molecular complexity index is 817. The molecule has 0 aromatic heterocycles. The Kier molecular flexibility index (Phi) is 5.76. The third-order valence-corrected chi connectivity index (χ3v) is 3.56. The molecule has 0 aliphatic carbocycles. The van der Waals surface area contributed by atoms with Crippen LogP contribution in [-0.2, 0) is 10.9 Å². The van der Waals surface area contributed by atoms with Crippen LogP contribution < -0.4 is 0 Å². The average Bonchev–Trinajstić information content (AvgIpc) is 2.53. The highest BCUT2D eigenvalue weighted by Gasteiger charge is 2.30. The zero-order valence-corrected chi connectivity index (χ0v) is 13.7. The van der Waals surface area contributed by atoms with Gasteiger partial charge in [0.05, 0.1) is 18.1 Å². The van der Waals surface area contributed by atoms with Gasteiger partial charge in [-0.3, -0.25) is 10.8 Å². The van der Waals surface area contributed by atoms with E-state index in [0.29, 0.717) is 11.1 Å². The van der Waals surface area contributed by atoms with Crippen molar-refractivity contribution >= 4 is 11.8 Å². The summed E-state index contributed by atoms with van der Waals surface area (Å²) in [6.45, 7) is 1.31. The van der Waals surface area contributed by atoms with E-state index >= 15 is 0 Å². The van der Waals surface area contributed by atoms with Gasteiger partial charge in [0.1, 0.15) is 5.82 Å². The van der Waals surface area contributed by atoms with Gasteiger partial charge in [-0.25, -0.2) is 4.39 Å². The van der Waals surface area contributed by atoms with Gasteiger partial charge >= 0.3 is 6.18 Å². The maximum Gasteiger partial charge on any atom is 0.416 e. The summed E-state index contributed by atoms with van der Waals surface area (Å²) in [5.74, 6) is -1.35. The fraction of sp³-hybridized carbons (Fsp3) is 0.222. The first kappa shape index (κ1) is 19.6. The number of aliphatic hydroxyl groups is 1. The molecule has 0 aliphatic rings. The van der Waals surface area contributed by atoms with Gasteiger partial charge < -0.3 is 9.84 Å². The van der Waals surface area contributed by atoms with Gasteiger partial charge in [-0.15, -0.1) is 0 Å². The number of benzene rings is 2. The van der Waals surface area contributed by atoms with Gasteiger partial charge in [0.2, 0.25) is 0 Å². The Morgan fingerprint density at radius 3 is 2.19 bits per heavy atom. The fourth-order valence-corrected chi connectivity index (χ4v) is 2.34. The molecule has 0 aliphatic heterocycles. The van der Waals surface area contributed by atoms with Gasteiger partial charge in [0.15, 0.2) is 11.8 Å². The van der Waals surface area contributed by atoms with Gasteiger partial charge in [0, 0.05) is 12.5 Å². The number of hydrogen-bond donors (Lipinski definition) is 3. The molecule has 2 rings (SSSR count). The minimum atomic E-state index is -4.45. The number of halogens is 4. The third kappa shape index (κ3) is 4.89. The molecule has 1 atom stereocenters. The molecule has 2 aromatic carbocycles. The summed E-state index contributed by atoms with van der Waals surface area (Å²) < 4.78 is 56.6. The molecule has 3 N–H and O–H groups in total. The summed E-state index contributed by atoms with van der Waals surface area (Å²) in [7, 11) is 0. The molecule has 0 saturated heterocycles. The summed E-state index contributed by atoms with van der Waals surface area (Å²) in [6.07, 6.45) is -6.18. The van der Waals surface area contributed by atoms with E-state index in [4.69, 9.17) is 15.6 Å². The van der Waals surface area contributed by atoms with Gasteiger partial charge in [-0.1, -0.05) is 18.2 Å². The van der Waals surface area contributed by atoms with Crippen LogP contribution in [0.5, 0.6) is 0 Å². The summed E-state index contributed by atoms with van der Waals surface area (Å²) in [5, 5.41) is 24.8. The predicted octanol–water partition coefficient (Wildman–Crippen LogP) is 4.93. The van der Waals surface area contributed by atoms with Crippen LogP contribution in [0.15, 0.2) is 42.5 Å². The van der Waals surface area contributed by atoms with Crippen LogP contribution in [0.4, 0.5) is 17.6 Å². The molecule has 2 aromatic rings. The number of aliphatic hydroxyl groups excluding tert-OH is 1. The molecule has 0 fully saturated rings. The molecule has 1 unspecified atom stereocenters. The van der Waals surface area contributed by atoms with Crippen LogP contribution in [0.3, 0.4) is 0 Å². The van der Waals surface area contributed by atoms with Gasteiger partial charge in [-0.05, 0) is 35.4 Å². The fourth-order valence-electron chi connectivity index (χ4n) is 2.34. The number of ether oxygens (including phenoxy) is 1. The molecule has 0 amide bonds. The second kappa shape index (κ2) is 7.65. The van der Waals surface area contributed by atoms with Gasteiger partial charge in [-0.2, -0.15) is 13.2 Å². The smallest absolute Gasteiger partial charge is 0.416 e. The number of alkyl halides is 3. The first-order chi connectivity index (χ1) is 12.1. The molecule has 26 heavy (non-hydrogen) atoms. The van der Waals surface area contributed by atoms with Gasteiger partial charge in [0.25, 0.3) is 0 Å². The third-order valence-electron chi connectivity index (χ3n) is 3.56. The van der Waals surface area contributed by atoms with E-state index in [1.807, 2.05) is 0 Å². The van der Waals surface area contributed by atoms with Crippen LogP contribution in [0.2, 0.25) is 0 Å². The average molecular weight is 368 g/mol. The quantitative estimate of drug-likeness (QED) is 0.407. The molecule has 0 radical (unpaired) electrons. The molecule has 0 spiro atoms. The Labute approximate surface area is 147 Å². The zero-order valence-electron chi connectivity index (χ0n) is 13.7. The van der Waals surface area contributed by atoms with Crippen LogP contribution >= 0.6 is 0 Å². The topological polar surface area (TPSA) is 77.2 Å². The monoisotopic (exact) mass is 368 g/mol. The standard InChI is InChI=1S/C18H16F4N2O2/c1-10(23)26-17(24)9-16(25)14-8-12(4-7-15(14)19)11-2-5-13(6-3-11)18(20,21)22/h2-8,16,23-25H,9H2,1H3. The first-order valence-corrected chi connectivity index (χ1v) is 7.53. The van der Waals surface area contributed by atoms with Crippen LogP contribution in [-0.4, -0.2) is 16.9 Å². The SMILES string of the molecule is CC(=N)OC(=N)CC(O)c1cc(-c2ccc(C(F)(F)F)cc2)ccc1F. The van der Waals surface area contributed by atoms with Crippen molar-refractivity contribution in [2.75, 3.05) is 0 Å². The lowest BCUT2D eigenvalue weighted by Crippen LogP contribution is -2.13. The van der Waals surface area contributed by atoms with Crippen LogP contribution in [0, 0.1) is 16.6 Å². The van der Waals surface area contributed by atoms with E-state index in [1.165, 1.54) is 31.2 Å². The van der Waals surface area contributed by atoms with Crippen molar-refractivity contribution in [3.05, 3.63) is 59.4 Å². The predicted molar refractivity (Wildman–Crippen MR) is 88.6 cm³/mol. The zero-order chi connectivity index (χ0) is 19.5. The lowest BCUT2D eigenvalue weighted by atomic mass is 9.98. The van der Waals surface area contributed by atoms with E-state index in [0.717, 1.165) is 18.2 Å². The molecule has 8 heteroatoms. The highest BCUT2D eigenvalue weighted by molar-refractivity contribution is 5.87. The van der Waals surface area contributed by atoms with E-state index in [1.54, 1.807) is 0 Å². The maximum absolute atomic E-state index is 14.0. The van der Waals surface area contributed by atoms with E-state index in [9.17, 15) is 22.7 Å². The van der Waals surface area contributed by atoms with Crippen molar-refractivity contribution < 1.29 is 27.4 Å². The highest BCUT2D eigenvalue weighted by atomic mass is 19.4. The Morgan fingerprint density at radius 2 is 1.65 bits per heavy atom. The second-order valence-corrected chi connectivity index (χ2v) is 5.61. The van der Waals surface area contributed by atoms with E-state index < -0.39 is 29.6 Å². The number of nitrogens with one attached hydrogen (secondary N) is 2. The summed E-state index contributed by atoms with van der Waals surface area (Å²) in [6, 6.07) is 8.16. The molecular weight excluding hydrogens is 352 g/mol. The van der Waals surface area contributed by atoms with Crippen molar-refractivity contribution in [3.8, 4) is 11.1 Å². The Hall–Kier alpha value is -2.74. The van der Waals surface area contributed by atoms with Crippen LogP contribution in [0.25, 0.3) is 11.1 Å². The molecule has 0 bridgehead atoms. The summed E-state index contributed by atoms with van der Waals surface area (Å²) in [4.78, 5) is 0. The first-order valence-electron chi connectivity index (χ1n) is 7.53. The lowest BCUT2D eigenvalue weighted by Gasteiger charge is -2.14. The van der Waals surface area contributed by atoms with E-state index in [2.05, 4.69) is 0 Å². The Balaban J connectivity index is 2.26. The molecule has 138 valence electrons. The molecule has 0 heterocycles. The normalized spacial score (nSPS) is 12.5. The maximum atomic E-state index is 14.0. The molecule has 4 nitrogen and oxygen atoms in total. The van der Waals surface area contributed by atoms with Crippen molar-refractivity contribution in [1.82, 2.24) is 0 Å². The van der Waals surface area contributed by atoms with Crippen molar-refractivity contribution in [2.24, 2.45) is 0 Å². The van der Waals surface area contributed by atoms with E-state index in [-0.39, 0.29) is 17.9 Å². The van der Waals surface area contributed by atoms with Crippen molar-refractivity contribution in [2.45, 2.75) is 25.6 Å². The number of hydrogen-bond acceptors (Lipinski definition) is 4. The Morgan fingerprint density at radius 1 is 1.08 bits per heavy atom. The minimum absolute atomic E-state index is 0.113. The highest BCUT2D eigenvalue weighted by Crippen LogP contribution is 2.32. The molecular formula is C18H16F4N2O2. The minimum Gasteiger partial charge on any atom is -0.430 e. The van der Waals surface area contributed by atoms with Crippen LogP contribution in [0.1, 0.15) is 30.6 Å². The lowest BCUT2D eigenvalue weighted by molar-refractivity contribution is -0.137. The molecule has 0 saturated carbocycles. The summed E-state index contributed by atoms with van der Waals surface area (Å²) in [5.41, 5.74) is -0.0624. The van der Waals surface area contributed by atoms with Crippen molar-refractivity contribution in [1.29, 1.82) is 10.8 Å². The number of rotatable bonds is 4. The largest absolute Gasteiger partial charge is 0.430 e. The second-order valence-electron chi connectivity index (χ2n) is 5.61.